The van der Waals surface area contributed by atoms with Crippen molar-refractivity contribution in [1.29, 1.82) is 0 Å². The normalized spacial score (nSPS) is 17.6. The highest BCUT2D eigenvalue weighted by molar-refractivity contribution is 6.21. The van der Waals surface area contributed by atoms with Gasteiger partial charge in [0.1, 0.15) is 0 Å². The second-order valence-corrected chi connectivity index (χ2v) is 4.76. The number of nitrogens with zero attached hydrogens (tertiary/aromatic N) is 1. The Hall–Kier alpha value is -2.10. The SMILES string of the molecule is CC(=O)ON1C(=O)C(c2ccccc2)=CC1(C)C. The molecule has 1 aliphatic heterocycles. The van der Waals surface area contributed by atoms with Gasteiger partial charge in [0, 0.05) is 12.5 Å². The van der Waals surface area contributed by atoms with Crippen molar-refractivity contribution in [2.24, 2.45) is 0 Å². The number of amides is 1. The van der Waals surface area contributed by atoms with Gasteiger partial charge in [0.05, 0.1) is 5.54 Å². The Bertz CT molecular complexity index is 517. The maximum absolute atomic E-state index is 12.2. The van der Waals surface area contributed by atoms with Crippen LogP contribution < -0.4 is 0 Å². The van der Waals surface area contributed by atoms with Crippen molar-refractivity contribution in [2.75, 3.05) is 0 Å². The summed E-state index contributed by atoms with van der Waals surface area (Å²) in [7, 11) is 0. The number of benzene rings is 1. The predicted molar refractivity (Wildman–Crippen MR) is 67.1 cm³/mol. The second kappa shape index (κ2) is 4.29. The van der Waals surface area contributed by atoms with Gasteiger partial charge in [-0.05, 0) is 25.5 Å². The maximum Gasteiger partial charge on any atom is 0.329 e. The van der Waals surface area contributed by atoms with Crippen molar-refractivity contribution < 1.29 is 14.4 Å². The first-order valence-electron chi connectivity index (χ1n) is 5.73. The summed E-state index contributed by atoms with van der Waals surface area (Å²) in [4.78, 5) is 28.3. The average Bonchev–Trinajstić information content (AvgIpc) is 2.53. The van der Waals surface area contributed by atoms with Crippen molar-refractivity contribution >= 4 is 17.4 Å². The van der Waals surface area contributed by atoms with Crippen LogP contribution in [0.4, 0.5) is 0 Å². The van der Waals surface area contributed by atoms with Crippen LogP contribution in [0.1, 0.15) is 26.3 Å². The fourth-order valence-electron chi connectivity index (χ4n) is 1.96. The molecule has 0 saturated heterocycles. The molecule has 0 saturated carbocycles. The lowest BCUT2D eigenvalue weighted by Crippen LogP contribution is -2.42. The molecule has 2 rings (SSSR count). The zero-order chi connectivity index (χ0) is 13.3. The molecular weight excluding hydrogens is 230 g/mol. The summed E-state index contributed by atoms with van der Waals surface area (Å²) in [5.41, 5.74) is 0.751. The van der Waals surface area contributed by atoms with E-state index in [0.29, 0.717) is 5.57 Å². The smallest absolute Gasteiger partial charge is 0.329 e. The fraction of sp³-hybridized carbons (Fsp3) is 0.286. The van der Waals surface area contributed by atoms with E-state index in [9.17, 15) is 9.59 Å². The van der Waals surface area contributed by atoms with Crippen molar-refractivity contribution in [1.82, 2.24) is 5.06 Å². The Morgan fingerprint density at radius 1 is 1.22 bits per heavy atom. The summed E-state index contributed by atoms with van der Waals surface area (Å²) in [5.74, 6) is -0.791. The van der Waals surface area contributed by atoms with E-state index in [1.165, 1.54) is 6.92 Å². The number of carbonyl (C=O) groups is 2. The number of hydrogen-bond acceptors (Lipinski definition) is 3. The zero-order valence-corrected chi connectivity index (χ0v) is 10.6. The zero-order valence-electron chi connectivity index (χ0n) is 10.6. The summed E-state index contributed by atoms with van der Waals surface area (Å²) >= 11 is 0. The molecule has 1 aliphatic rings. The molecule has 0 bridgehead atoms. The number of carbonyl (C=O) groups excluding carboxylic acids is 2. The third-order valence-corrected chi connectivity index (χ3v) is 2.74. The monoisotopic (exact) mass is 245 g/mol. The van der Waals surface area contributed by atoms with Crippen molar-refractivity contribution in [2.45, 2.75) is 26.3 Å². The molecule has 1 amide bonds. The van der Waals surface area contributed by atoms with Gasteiger partial charge in [0.15, 0.2) is 0 Å². The molecule has 0 aliphatic carbocycles. The van der Waals surface area contributed by atoms with E-state index in [0.717, 1.165) is 10.6 Å². The van der Waals surface area contributed by atoms with Crippen LogP contribution in [-0.4, -0.2) is 22.5 Å². The minimum absolute atomic E-state index is 0.290. The summed E-state index contributed by atoms with van der Waals surface area (Å²) in [6, 6.07) is 9.34. The summed E-state index contributed by atoms with van der Waals surface area (Å²) in [5, 5.41) is 1.12. The van der Waals surface area contributed by atoms with Gasteiger partial charge >= 0.3 is 5.97 Å². The van der Waals surface area contributed by atoms with Crippen LogP contribution in [-0.2, 0) is 14.4 Å². The molecule has 1 heterocycles. The van der Waals surface area contributed by atoms with Gasteiger partial charge in [0.2, 0.25) is 0 Å². The number of rotatable bonds is 2. The number of hydroxylamine groups is 2. The molecule has 4 heteroatoms. The van der Waals surface area contributed by atoms with E-state index in [1.807, 2.05) is 50.3 Å². The first kappa shape index (κ1) is 12.4. The van der Waals surface area contributed by atoms with Crippen LogP contribution in [0.15, 0.2) is 36.4 Å². The van der Waals surface area contributed by atoms with Crippen LogP contribution in [0.5, 0.6) is 0 Å². The molecule has 0 aromatic heterocycles. The van der Waals surface area contributed by atoms with Gasteiger partial charge in [-0.2, -0.15) is 5.06 Å². The van der Waals surface area contributed by atoms with E-state index in [4.69, 9.17) is 4.84 Å². The Labute approximate surface area is 106 Å². The van der Waals surface area contributed by atoms with Crippen molar-refractivity contribution in [3.05, 3.63) is 42.0 Å². The largest absolute Gasteiger partial charge is 0.337 e. The Morgan fingerprint density at radius 2 is 1.83 bits per heavy atom. The van der Waals surface area contributed by atoms with Crippen LogP contribution in [0.2, 0.25) is 0 Å². The lowest BCUT2D eigenvalue weighted by atomic mass is 10.0. The van der Waals surface area contributed by atoms with Gasteiger partial charge in [-0.3, -0.25) is 9.59 Å². The molecule has 0 N–H and O–H groups in total. The highest BCUT2D eigenvalue weighted by Crippen LogP contribution is 2.33. The molecule has 0 radical (unpaired) electrons. The lowest BCUT2D eigenvalue weighted by Gasteiger charge is -2.28. The van der Waals surface area contributed by atoms with Gasteiger partial charge in [-0.15, -0.1) is 0 Å². The molecule has 0 spiro atoms. The molecule has 0 fully saturated rings. The van der Waals surface area contributed by atoms with Gasteiger partial charge < -0.3 is 4.84 Å². The predicted octanol–water partition coefficient (Wildman–Crippen LogP) is 2.17. The van der Waals surface area contributed by atoms with Crippen molar-refractivity contribution in [3.8, 4) is 0 Å². The molecule has 1 aromatic rings. The summed E-state index contributed by atoms with van der Waals surface area (Å²) < 4.78 is 0. The Balaban J connectivity index is 2.36. The Kier molecular flexibility index (Phi) is 2.95. The first-order valence-corrected chi connectivity index (χ1v) is 5.73. The first-order chi connectivity index (χ1) is 8.42. The third-order valence-electron chi connectivity index (χ3n) is 2.74. The van der Waals surface area contributed by atoms with E-state index in [-0.39, 0.29) is 5.91 Å². The summed E-state index contributed by atoms with van der Waals surface area (Å²) in [6.45, 7) is 4.93. The second-order valence-electron chi connectivity index (χ2n) is 4.76. The average molecular weight is 245 g/mol. The molecule has 18 heavy (non-hydrogen) atoms. The topological polar surface area (TPSA) is 46.6 Å². The van der Waals surface area contributed by atoms with Crippen LogP contribution in [0.3, 0.4) is 0 Å². The third kappa shape index (κ3) is 2.14. The minimum Gasteiger partial charge on any atom is -0.337 e. The van der Waals surface area contributed by atoms with Crippen LogP contribution >= 0.6 is 0 Å². The molecule has 0 unspecified atom stereocenters. The standard InChI is InChI=1S/C14H15NO3/c1-10(16)18-15-13(17)12(9-14(15,2)3)11-7-5-4-6-8-11/h4-9H,1-3H3. The van der Waals surface area contributed by atoms with Gasteiger partial charge in [0.25, 0.3) is 5.91 Å². The molecule has 1 aromatic carbocycles. The van der Waals surface area contributed by atoms with Gasteiger partial charge in [-0.25, -0.2) is 0 Å². The maximum atomic E-state index is 12.2. The van der Waals surface area contributed by atoms with Crippen molar-refractivity contribution in [3.63, 3.8) is 0 Å². The Morgan fingerprint density at radius 3 is 2.39 bits per heavy atom. The van der Waals surface area contributed by atoms with Crippen LogP contribution in [0, 0.1) is 0 Å². The highest BCUT2D eigenvalue weighted by Gasteiger charge is 2.41. The molecular formula is C14H15NO3. The highest BCUT2D eigenvalue weighted by atomic mass is 16.7. The quantitative estimate of drug-likeness (QED) is 0.802. The number of hydrogen-bond donors (Lipinski definition) is 0. The van der Waals surface area contributed by atoms with E-state index in [2.05, 4.69) is 0 Å². The van der Waals surface area contributed by atoms with E-state index in [1.54, 1.807) is 0 Å². The van der Waals surface area contributed by atoms with E-state index >= 15 is 0 Å². The van der Waals surface area contributed by atoms with E-state index < -0.39 is 11.5 Å². The minimum atomic E-state index is -0.631. The molecule has 94 valence electrons. The lowest BCUT2D eigenvalue weighted by molar-refractivity contribution is -0.205. The van der Waals surface area contributed by atoms with Gasteiger partial charge in [-0.1, -0.05) is 30.3 Å². The summed E-state index contributed by atoms with van der Waals surface area (Å²) in [6.07, 6.45) is 1.81. The fourth-order valence-corrected chi connectivity index (χ4v) is 1.96. The molecule has 0 atom stereocenters. The van der Waals surface area contributed by atoms with Crippen LogP contribution in [0.25, 0.3) is 5.57 Å². The molecule has 4 nitrogen and oxygen atoms in total.